The lowest BCUT2D eigenvalue weighted by Crippen LogP contribution is -2.51. The molecule has 2 N–H and O–H groups in total. The van der Waals surface area contributed by atoms with E-state index in [9.17, 15) is 26.7 Å². The summed E-state index contributed by atoms with van der Waals surface area (Å²) in [5.41, 5.74) is 2.76. The van der Waals surface area contributed by atoms with Crippen molar-refractivity contribution in [3.8, 4) is 0 Å². The highest BCUT2D eigenvalue weighted by atomic mass is 35.5. The number of fused-ring (bicyclic) bond motifs is 1. The van der Waals surface area contributed by atoms with Gasteiger partial charge in [0.2, 0.25) is 10.0 Å². The van der Waals surface area contributed by atoms with Crippen LogP contribution in [-0.4, -0.2) is 45.7 Å². The third-order valence-electron chi connectivity index (χ3n) is 9.13. The van der Waals surface area contributed by atoms with E-state index in [4.69, 9.17) is 23.2 Å². The minimum Gasteiger partial charge on any atom is -0.478 e. The Labute approximate surface area is 302 Å². The van der Waals surface area contributed by atoms with Crippen LogP contribution in [0.3, 0.4) is 0 Å². The smallest absolute Gasteiger partial charge is 0.335 e. The van der Waals surface area contributed by atoms with Gasteiger partial charge in [-0.05, 0) is 90.6 Å². The summed E-state index contributed by atoms with van der Waals surface area (Å²) in [5, 5.41) is 9.96. The van der Waals surface area contributed by atoms with Crippen LogP contribution in [0.4, 0.5) is 5.69 Å². The number of aromatic carboxylic acids is 1. The summed E-state index contributed by atoms with van der Waals surface area (Å²) in [6.45, 7) is -0.0184. The molecule has 8 nitrogen and oxygen atoms in total. The zero-order valence-electron chi connectivity index (χ0n) is 26.7. The highest BCUT2D eigenvalue weighted by molar-refractivity contribution is 7.91. The molecule has 0 aromatic heterocycles. The number of halogens is 2. The van der Waals surface area contributed by atoms with E-state index in [1.54, 1.807) is 18.2 Å². The van der Waals surface area contributed by atoms with Crippen LogP contribution < -0.4 is 9.62 Å². The molecule has 1 aliphatic heterocycles. The van der Waals surface area contributed by atoms with Crippen LogP contribution in [0.5, 0.6) is 0 Å². The molecule has 50 heavy (non-hydrogen) atoms. The van der Waals surface area contributed by atoms with Gasteiger partial charge in [0.05, 0.1) is 27.3 Å². The lowest BCUT2D eigenvalue weighted by atomic mass is 9.84. The van der Waals surface area contributed by atoms with E-state index < -0.39 is 31.4 Å². The van der Waals surface area contributed by atoms with Crippen molar-refractivity contribution in [1.82, 2.24) is 4.72 Å². The summed E-state index contributed by atoms with van der Waals surface area (Å²) in [6.07, 6.45) is 0.735. The number of sulfonamides is 1. The van der Waals surface area contributed by atoms with Crippen molar-refractivity contribution in [2.45, 2.75) is 40.6 Å². The van der Waals surface area contributed by atoms with E-state index in [-0.39, 0.29) is 51.6 Å². The average molecular weight is 750 g/mol. The van der Waals surface area contributed by atoms with Crippen LogP contribution in [0.2, 0.25) is 10.0 Å². The second-order valence-corrected chi connectivity index (χ2v) is 16.9. The van der Waals surface area contributed by atoms with Crippen LogP contribution in [0.15, 0.2) is 137 Å². The van der Waals surface area contributed by atoms with Crippen molar-refractivity contribution in [3.05, 3.63) is 160 Å². The quantitative estimate of drug-likeness (QED) is 0.126. The van der Waals surface area contributed by atoms with E-state index in [0.717, 1.165) is 22.4 Å². The first-order valence-corrected chi connectivity index (χ1v) is 19.8. The van der Waals surface area contributed by atoms with Crippen LogP contribution in [0.25, 0.3) is 0 Å². The van der Waals surface area contributed by atoms with Crippen molar-refractivity contribution in [3.63, 3.8) is 0 Å². The largest absolute Gasteiger partial charge is 0.478 e. The first kappa shape index (κ1) is 35.6. The normalized spacial score (nSPS) is 16.0. The first-order chi connectivity index (χ1) is 23.9. The second-order valence-electron chi connectivity index (χ2n) is 12.2. The van der Waals surface area contributed by atoms with E-state index in [2.05, 4.69) is 9.62 Å². The minimum atomic E-state index is -4.01. The summed E-state index contributed by atoms with van der Waals surface area (Å²) in [5.74, 6) is -1.44. The fourth-order valence-electron chi connectivity index (χ4n) is 6.75. The van der Waals surface area contributed by atoms with Crippen molar-refractivity contribution in [2.24, 2.45) is 0 Å². The van der Waals surface area contributed by atoms with Crippen LogP contribution >= 0.6 is 23.2 Å². The van der Waals surface area contributed by atoms with Crippen molar-refractivity contribution >= 4 is 54.7 Å². The summed E-state index contributed by atoms with van der Waals surface area (Å²) in [6, 6.07) is 36.4. The maximum absolute atomic E-state index is 13.9. The zero-order valence-corrected chi connectivity index (χ0v) is 29.9. The van der Waals surface area contributed by atoms with Crippen molar-refractivity contribution in [2.75, 3.05) is 17.2 Å². The molecule has 12 heteroatoms. The molecule has 5 aromatic rings. The molecule has 0 radical (unpaired) electrons. The number of carboxylic acids is 1. The molecular formula is C38H34Cl2N2O6S2. The number of carbonyl (C=O) groups is 1. The number of rotatable bonds is 13. The van der Waals surface area contributed by atoms with Gasteiger partial charge in [-0.15, -0.1) is 0 Å². The highest BCUT2D eigenvalue weighted by Crippen LogP contribution is 2.50. The van der Waals surface area contributed by atoms with Gasteiger partial charge < -0.3 is 10.0 Å². The number of anilines is 1. The lowest BCUT2D eigenvalue weighted by molar-refractivity contribution is 0.0696. The molecular weight excluding hydrogens is 715 g/mol. The Balaban J connectivity index is 1.46. The number of hydrogen-bond acceptors (Lipinski definition) is 6. The van der Waals surface area contributed by atoms with E-state index >= 15 is 0 Å². The summed E-state index contributed by atoms with van der Waals surface area (Å²) in [7, 11) is -7.92. The Morgan fingerprint density at radius 2 is 1.38 bits per heavy atom. The molecule has 0 saturated heterocycles. The fraction of sp³-hybridized carbons (Fsp3) is 0.184. The molecule has 0 fully saturated rings. The molecule has 1 unspecified atom stereocenters. The Kier molecular flexibility index (Phi) is 10.4. The standard InChI is InChI=1S/C38H34Cl2N2O6S2/c39-31-17-20-34-30(25-31)26-38(21-23-41-50(47,48)35-14-8-7-13-33(35)40,22-24-49(45,46)32-18-15-29(16-19-32)37(43)44)42(34)36(27-9-3-1-4-10-27)28-11-5-2-6-12-28/h1-20,25,36,41H,21-24,26H2,(H,43,44). The predicted molar refractivity (Wildman–Crippen MR) is 196 cm³/mol. The Hall–Kier alpha value is -4.19. The summed E-state index contributed by atoms with van der Waals surface area (Å²) < 4.78 is 57.4. The molecule has 258 valence electrons. The van der Waals surface area contributed by atoms with Crippen molar-refractivity contribution in [1.29, 1.82) is 0 Å². The van der Waals surface area contributed by atoms with Gasteiger partial charge in [0.1, 0.15) is 4.90 Å². The Morgan fingerprint density at radius 1 is 0.780 bits per heavy atom. The van der Waals surface area contributed by atoms with Gasteiger partial charge in [-0.3, -0.25) is 0 Å². The fourth-order valence-corrected chi connectivity index (χ4v) is 9.93. The number of carboxylic acid groups (broad SMARTS) is 1. The van der Waals surface area contributed by atoms with Gasteiger partial charge in [-0.25, -0.2) is 26.4 Å². The minimum absolute atomic E-state index is 0.00449. The third-order valence-corrected chi connectivity index (χ3v) is 13.1. The Bertz CT molecular complexity index is 2180. The van der Waals surface area contributed by atoms with Gasteiger partial charge in [0.15, 0.2) is 9.84 Å². The van der Waals surface area contributed by atoms with Crippen LogP contribution in [0, 0.1) is 0 Å². The molecule has 0 bridgehead atoms. The highest BCUT2D eigenvalue weighted by Gasteiger charge is 2.48. The number of hydrogen-bond donors (Lipinski definition) is 2. The number of nitrogens with zero attached hydrogens (tertiary/aromatic N) is 1. The number of benzene rings is 5. The first-order valence-electron chi connectivity index (χ1n) is 15.9. The summed E-state index contributed by atoms with van der Waals surface area (Å²) in [4.78, 5) is 13.6. The molecule has 0 saturated carbocycles. The topological polar surface area (TPSA) is 121 Å². The zero-order chi connectivity index (χ0) is 35.5. The molecule has 0 aliphatic carbocycles. The Morgan fingerprint density at radius 3 is 1.98 bits per heavy atom. The van der Waals surface area contributed by atoms with E-state index in [1.807, 2.05) is 72.8 Å². The van der Waals surface area contributed by atoms with E-state index in [0.29, 0.717) is 11.4 Å². The van der Waals surface area contributed by atoms with Gasteiger partial charge in [0, 0.05) is 22.8 Å². The molecule has 6 rings (SSSR count). The molecule has 0 amide bonds. The molecule has 5 aromatic carbocycles. The molecule has 1 atom stereocenters. The molecule has 0 spiro atoms. The van der Waals surface area contributed by atoms with Crippen LogP contribution in [0.1, 0.15) is 45.9 Å². The predicted octanol–water partition coefficient (Wildman–Crippen LogP) is 7.82. The van der Waals surface area contributed by atoms with Gasteiger partial charge in [0.25, 0.3) is 0 Å². The lowest BCUT2D eigenvalue weighted by Gasteiger charge is -2.46. The number of nitrogens with one attached hydrogen (secondary N) is 1. The van der Waals surface area contributed by atoms with Gasteiger partial charge in [-0.1, -0.05) is 96.0 Å². The summed E-state index contributed by atoms with van der Waals surface area (Å²) >= 11 is 12.8. The number of sulfone groups is 1. The maximum atomic E-state index is 13.9. The van der Waals surface area contributed by atoms with Crippen molar-refractivity contribution < 1.29 is 26.7 Å². The van der Waals surface area contributed by atoms with Gasteiger partial charge in [-0.2, -0.15) is 0 Å². The SMILES string of the molecule is O=C(O)c1ccc(S(=O)(=O)CCC2(CCNS(=O)(=O)c3ccccc3Cl)Cc3cc(Cl)ccc3N2C(c2ccccc2)c2ccccc2)cc1. The van der Waals surface area contributed by atoms with E-state index in [1.165, 1.54) is 36.4 Å². The molecule has 1 heterocycles. The van der Waals surface area contributed by atoms with Crippen LogP contribution in [-0.2, 0) is 26.3 Å². The average Bonchev–Trinajstić information content (AvgIpc) is 3.41. The second kappa shape index (κ2) is 14.6. The maximum Gasteiger partial charge on any atom is 0.335 e. The molecule has 1 aliphatic rings. The monoisotopic (exact) mass is 748 g/mol. The third kappa shape index (κ3) is 7.45. The van der Waals surface area contributed by atoms with Gasteiger partial charge >= 0.3 is 5.97 Å².